The number of aromatic nitrogens is 1. The van der Waals surface area contributed by atoms with Gasteiger partial charge >= 0.3 is 0 Å². The summed E-state index contributed by atoms with van der Waals surface area (Å²) in [6.45, 7) is 3.17. The average Bonchev–Trinajstić information content (AvgIpc) is 2.53. The summed E-state index contributed by atoms with van der Waals surface area (Å²) in [6.07, 6.45) is 4.34. The Kier molecular flexibility index (Phi) is 4.28. The molecule has 5 nitrogen and oxygen atoms in total. The van der Waals surface area contributed by atoms with Gasteiger partial charge in [0, 0.05) is 31.5 Å². The van der Waals surface area contributed by atoms with Gasteiger partial charge in [0.05, 0.1) is 6.61 Å². The Morgan fingerprint density at radius 3 is 2.89 bits per heavy atom. The van der Waals surface area contributed by atoms with E-state index in [9.17, 15) is 9.90 Å². The number of nitrogens with one attached hydrogen (secondary N) is 1. The van der Waals surface area contributed by atoms with Gasteiger partial charge in [-0.05, 0) is 31.0 Å². The quantitative estimate of drug-likeness (QED) is 0.800. The molecule has 2 rings (SSSR count). The third kappa shape index (κ3) is 3.05. The fourth-order valence-electron chi connectivity index (χ4n) is 2.17. The molecule has 2 atom stereocenters. The largest absolute Gasteiger partial charge is 0.394 e. The summed E-state index contributed by atoms with van der Waals surface area (Å²) in [5, 5.41) is 12.4. The molecule has 5 heteroatoms. The number of hydrogen-bond acceptors (Lipinski definition) is 4. The predicted molar refractivity (Wildman–Crippen MR) is 67.7 cm³/mol. The van der Waals surface area contributed by atoms with Crippen molar-refractivity contribution in [3.8, 4) is 0 Å². The van der Waals surface area contributed by atoms with E-state index in [1.54, 1.807) is 17.3 Å². The van der Waals surface area contributed by atoms with Crippen LogP contribution < -0.4 is 5.32 Å². The minimum absolute atomic E-state index is 0.0290. The van der Waals surface area contributed by atoms with E-state index in [2.05, 4.69) is 10.3 Å². The molecule has 1 aromatic rings. The predicted octanol–water partition coefficient (Wildman–Crippen LogP) is 0.153. The molecule has 2 heterocycles. The third-order valence-corrected chi connectivity index (χ3v) is 3.23. The Morgan fingerprint density at radius 1 is 1.50 bits per heavy atom. The van der Waals surface area contributed by atoms with Crippen LogP contribution in [0.3, 0.4) is 0 Å². The van der Waals surface area contributed by atoms with E-state index in [-0.39, 0.29) is 18.6 Å². The number of hydrogen-bond donors (Lipinski definition) is 2. The van der Waals surface area contributed by atoms with Crippen molar-refractivity contribution < 1.29 is 9.90 Å². The van der Waals surface area contributed by atoms with E-state index in [0.717, 1.165) is 12.0 Å². The van der Waals surface area contributed by atoms with E-state index >= 15 is 0 Å². The van der Waals surface area contributed by atoms with E-state index in [4.69, 9.17) is 0 Å². The second kappa shape index (κ2) is 5.93. The smallest absolute Gasteiger partial charge is 0.242 e. The lowest BCUT2D eigenvalue weighted by Crippen LogP contribution is -2.47. The highest BCUT2D eigenvalue weighted by Crippen LogP contribution is 2.11. The number of aliphatic hydroxyl groups excluding tert-OH is 1. The van der Waals surface area contributed by atoms with E-state index in [0.29, 0.717) is 13.1 Å². The number of carbonyl (C=O) groups excluding carboxylic acids is 1. The highest BCUT2D eigenvalue weighted by molar-refractivity contribution is 5.82. The number of aliphatic hydroxyl groups is 1. The zero-order valence-corrected chi connectivity index (χ0v) is 10.5. The molecular formula is C13H19N3O2. The molecule has 1 aliphatic heterocycles. The normalized spacial score (nSPS) is 25.0. The Labute approximate surface area is 107 Å². The van der Waals surface area contributed by atoms with Gasteiger partial charge < -0.3 is 15.3 Å². The highest BCUT2D eigenvalue weighted by Gasteiger charge is 2.28. The summed E-state index contributed by atoms with van der Waals surface area (Å²) in [7, 11) is 0. The summed E-state index contributed by atoms with van der Waals surface area (Å²) in [5.41, 5.74) is 1.06. The first kappa shape index (κ1) is 13.0. The van der Waals surface area contributed by atoms with Crippen LogP contribution in [-0.4, -0.2) is 46.1 Å². The highest BCUT2D eigenvalue weighted by atomic mass is 16.3. The van der Waals surface area contributed by atoms with Crippen LogP contribution in [0, 0.1) is 0 Å². The van der Waals surface area contributed by atoms with Crippen LogP contribution in [0.1, 0.15) is 18.9 Å². The molecule has 1 aromatic heterocycles. The SMILES string of the molecule is CC1CCN(Cc2ccncc2)C(=O)C(CO)N1. The zero-order chi connectivity index (χ0) is 13.0. The fourth-order valence-corrected chi connectivity index (χ4v) is 2.17. The number of amides is 1. The minimum Gasteiger partial charge on any atom is -0.394 e. The van der Waals surface area contributed by atoms with Gasteiger partial charge in [0.15, 0.2) is 0 Å². The number of nitrogens with zero attached hydrogens (tertiary/aromatic N) is 2. The van der Waals surface area contributed by atoms with Crippen molar-refractivity contribution in [3.05, 3.63) is 30.1 Å². The molecule has 1 amide bonds. The van der Waals surface area contributed by atoms with Crippen molar-refractivity contribution in [2.45, 2.75) is 32.0 Å². The molecule has 0 aliphatic carbocycles. The third-order valence-electron chi connectivity index (χ3n) is 3.23. The maximum Gasteiger partial charge on any atom is 0.242 e. The molecule has 0 spiro atoms. The topological polar surface area (TPSA) is 65.5 Å². The van der Waals surface area contributed by atoms with Gasteiger partial charge in [0.1, 0.15) is 6.04 Å². The van der Waals surface area contributed by atoms with Crippen molar-refractivity contribution in [2.75, 3.05) is 13.2 Å². The van der Waals surface area contributed by atoms with Crippen LogP contribution in [0.15, 0.2) is 24.5 Å². The van der Waals surface area contributed by atoms with Gasteiger partial charge in [-0.1, -0.05) is 0 Å². The summed E-state index contributed by atoms with van der Waals surface area (Å²) >= 11 is 0. The molecule has 2 N–H and O–H groups in total. The Balaban J connectivity index is 2.09. The summed E-state index contributed by atoms with van der Waals surface area (Å²) < 4.78 is 0. The lowest BCUT2D eigenvalue weighted by molar-refractivity contribution is -0.134. The molecule has 1 saturated heterocycles. The Bertz CT molecular complexity index is 396. The van der Waals surface area contributed by atoms with Crippen LogP contribution in [0.25, 0.3) is 0 Å². The lowest BCUT2D eigenvalue weighted by atomic mass is 10.2. The lowest BCUT2D eigenvalue weighted by Gasteiger charge is -2.23. The number of rotatable bonds is 3. The van der Waals surface area contributed by atoms with Crippen molar-refractivity contribution in [1.82, 2.24) is 15.2 Å². The Morgan fingerprint density at radius 2 is 2.22 bits per heavy atom. The molecule has 98 valence electrons. The van der Waals surface area contributed by atoms with Gasteiger partial charge in [-0.25, -0.2) is 0 Å². The summed E-state index contributed by atoms with van der Waals surface area (Å²) in [4.78, 5) is 18.0. The van der Waals surface area contributed by atoms with Crippen molar-refractivity contribution in [3.63, 3.8) is 0 Å². The van der Waals surface area contributed by atoms with Crippen LogP contribution in [0.4, 0.5) is 0 Å². The first-order valence-electron chi connectivity index (χ1n) is 6.25. The molecule has 2 unspecified atom stereocenters. The second-order valence-electron chi connectivity index (χ2n) is 4.71. The van der Waals surface area contributed by atoms with Crippen LogP contribution in [-0.2, 0) is 11.3 Å². The van der Waals surface area contributed by atoms with Gasteiger partial charge in [0.2, 0.25) is 5.91 Å². The molecular weight excluding hydrogens is 230 g/mol. The molecule has 0 saturated carbocycles. The minimum atomic E-state index is -0.482. The standard InChI is InChI=1S/C13H19N3O2/c1-10-4-7-16(13(18)12(9-17)15-10)8-11-2-5-14-6-3-11/h2-3,5-6,10,12,15,17H,4,7-9H2,1H3. The van der Waals surface area contributed by atoms with Gasteiger partial charge in [-0.3, -0.25) is 9.78 Å². The van der Waals surface area contributed by atoms with Gasteiger partial charge in [-0.15, -0.1) is 0 Å². The van der Waals surface area contributed by atoms with Crippen LogP contribution >= 0.6 is 0 Å². The Hall–Kier alpha value is -1.46. The number of pyridine rings is 1. The average molecular weight is 249 g/mol. The first-order valence-corrected chi connectivity index (χ1v) is 6.25. The van der Waals surface area contributed by atoms with Crippen molar-refractivity contribution >= 4 is 5.91 Å². The zero-order valence-electron chi connectivity index (χ0n) is 10.5. The van der Waals surface area contributed by atoms with Crippen LogP contribution in [0.5, 0.6) is 0 Å². The monoisotopic (exact) mass is 249 g/mol. The van der Waals surface area contributed by atoms with Gasteiger partial charge in [-0.2, -0.15) is 0 Å². The molecule has 0 bridgehead atoms. The first-order chi connectivity index (χ1) is 8.70. The maximum atomic E-state index is 12.2. The van der Waals surface area contributed by atoms with E-state index in [1.165, 1.54) is 0 Å². The van der Waals surface area contributed by atoms with Gasteiger partial charge in [0.25, 0.3) is 0 Å². The molecule has 1 aliphatic rings. The molecule has 0 aromatic carbocycles. The van der Waals surface area contributed by atoms with Crippen LogP contribution in [0.2, 0.25) is 0 Å². The molecule has 18 heavy (non-hydrogen) atoms. The number of carbonyl (C=O) groups is 1. The van der Waals surface area contributed by atoms with Crippen molar-refractivity contribution in [1.29, 1.82) is 0 Å². The van der Waals surface area contributed by atoms with E-state index in [1.807, 2.05) is 19.1 Å². The summed E-state index contributed by atoms with van der Waals surface area (Å²) in [6, 6.07) is 3.57. The van der Waals surface area contributed by atoms with E-state index < -0.39 is 6.04 Å². The second-order valence-corrected chi connectivity index (χ2v) is 4.71. The van der Waals surface area contributed by atoms with Crippen molar-refractivity contribution in [2.24, 2.45) is 0 Å². The summed E-state index contributed by atoms with van der Waals surface area (Å²) in [5.74, 6) is -0.0290. The fraction of sp³-hybridized carbons (Fsp3) is 0.538. The molecule has 0 radical (unpaired) electrons. The maximum absolute atomic E-state index is 12.2. The molecule has 1 fully saturated rings.